The third-order valence-corrected chi connectivity index (χ3v) is 3.44. The van der Waals surface area contributed by atoms with Gasteiger partial charge in [0.15, 0.2) is 0 Å². The Morgan fingerprint density at radius 3 is 2.53 bits per heavy atom. The molecule has 1 aliphatic rings. The highest BCUT2D eigenvalue weighted by atomic mass is 32.2. The minimum atomic E-state index is 0.626. The van der Waals surface area contributed by atoms with E-state index in [1.165, 1.54) is 11.1 Å². The standard InChI is InChI=1S/C13H17NS/c1-11(2)13-5-3-12(4-6-13)9-14-7-8-15-10-14/h3-8,11H,9-10H2,1-2H3. The molecule has 0 atom stereocenters. The van der Waals surface area contributed by atoms with Crippen LogP contribution >= 0.6 is 11.8 Å². The molecule has 0 saturated heterocycles. The predicted octanol–water partition coefficient (Wildman–Crippen LogP) is 3.79. The van der Waals surface area contributed by atoms with Gasteiger partial charge >= 0.3 is 0 Å². The van der Waals surface area contributed by atoms with Gasteiger partial charge in [-0.1, -0.05) is 38.1 Å². The summed E-state index contributed by atoms with van der Waals surface area (Å²) in [6, 6.07) is 8.97. The van der Waals surface area contributed by atoms with Gasteiger partial charge in [0.05, 0.1) is 5.88 Å². The van der Waals surface area contributed by atoms with Crippen molar-refractivity contribution in [3.63, 3.8) is 0 Å². The molecule has 1 aromatic rings. The van der Waals surface area contributed by atoms with Crippen LogP contribution in [0.3, 0.4) is 0 Å². The Balaban J connectivity index is 2.00. The summed E-state index contributed by atoms with van der Waals surface area (Å²) in [7, 11) is 0. The highest BCUT2D eigenvalue weighted by Gasteiger charge is 2.05. The van der Waals surface area contributed by atoms with Crippen LogP contribution in [0.2, 0.25) is 0 Å². The van der Waals surface area contributed by atoms with E-state index in [1.54, 1.807) is 0 Å². The van der Waals surface area contributed by atoms with Gasteiger partial charge in [-0.2, -0.15) is 0 Å². The molecule has 1 aliphatic heterocycles. The molecule has 1 nitrogen and oxygen atoms in total. The molecule has 2 rings (SSSR count). The number of nitrogens with zero attached hydrogens (tertiary/aromatic N) is 1. The van der Waals surface area contributed by atoms with Crippen LogP contribution in [0, 0.1) is 0 Å². The topological polar surface area (TPSA) is 3.24 Å². The molecule has 0 aliphatic carbocycles. The van der Waals surface area contributed by atoms with Gasteiger partial charge in [0.2, 0.25) is 0 Å². The van der Waals surface area contributed by atoms with Crippen LogP contribution in [-0.2, 0) is 6.54 Å². The van der Waals surface area contributed by atoms with Crippen molar-refractivity contribution in [2.24, 2.45) is 0 Å². The van der Waals surface area contributed by atoms with Crippen molar-refractivity contribution in [1.29, 1.82) is 0 Å². The fraction of sp³-hybridized carbons (Fsp3) is 0.385. The van der Waals surface area contributed by atoms with Crippen molar-refractivity contribution in [2.45, 2.75) is 26.3 Å². The SMILES string of the molecule is CC(C)c1ccc(CN2C=CSC2)cc1. The lowest BCUT2D eigenvalue weighted by Gasteiger charge is -2.15. The largest absolute Gasteiger partial charge is 0.363 e. The molecule has 0 amide bonds. The van der Waals surface area contributed by atoms with E-state index in [4.69, 9.17) is 0 Å². The monoisotopic (exact) mass is 219 g/mol. The van der Waals surface area contributed by atoms with E-state index in [2.05, 4.69) is 54.6 Å². The van der Waals surface area contributed by atoms with E-state index in [9.17, 15) is 0 Å². The second-order valence-corrected chi connectivity index (χ2v) is 5.09. The quantitative estimate of drug-likeness (QED) is 0.761. The second kappa shape index (κ2) is 4.75. The van der Waals surface area contributed by atoms with Gasteiger partial charge in [-0.3, -0.25) is 0 Å². The van der Waals surface area contributed by atoms with Gasteiger partial charge in [0.25, 0.3) is 0 Å². The first-order chi connectivity index (χ1) is 7.25. The lowest BCUT2D eigenvalue weighted by molar-refractivity contribution is 0.441. The zero-order chi connectivity index (χ0) is 10.7. The van der Waals surface area contributed by atoms with Crippen molar-refractivity contribution in [2.75, 3.05) is 5.88 Å². The summed E-state index contributed by atoms with van der Waals surface area (Å²) in [5, 5.41) is 2.16. The summed E-state index contributed by atoms with van der Waals surface area (Å²) < 4.78 is 0. The fourth-order valence-electron chi connectivity index (χ4n) is 1.65. The second-order valence-electron chi connectivity index (χ2n) is 4.22. The normalized spacial score (nSPS) is 15.3. The molecular weight excluding hydrogens is 202 g/mol. The highest BCUT2D eigenvalue weighted by molar-refractivity contribution is 8.02. The average Bonchev–Trinajstić information content (AvgIpc) is 2.71. The third kappa shape index (κ3) is 2.78. The van der Waals surface area contributed by atoms with Crippen molar-refractivity contribution < 1.29 is 0 Å². The van der Waals surface area contributed by atoms with Gasteiger partial charge in [-0.15, -0.1) is 11.8 Å². The smallest absolute Gasteiger partial charge is 0.0678 e. The van der Waals surface area contributed by atoms with Crippen molar-refractivity contribution >= 4 is 11.8 Å². The Hall–Kier alpha value is -0.890. The van der Waals surface area contributed by atoms with E-state index in [0.717, 1.165) is 12.4 Å². The number of thioether (sulfide) groups is 1. The molecule has 0 spiro atoms. The lowest BCUT2D eigenvalue weighted by Crippen LogP contribution is -2.12. The van der Waals surface area contributed by atoms with Crippen LogP contribution in [0.5, 0.6) is 0 Å². The molecule has 15 heavy (non-hydrogen) atoms. The van der Waals surface area contributed by atoms with Crippen LogP contribution in [0.1, 0.15) is 30.9 Å². The summed E-state index contributed by atoms with van der Waals surface area (Å²) in [6.45, 7) is 5.49. The first kappa shape index (κ1) is 10.6. The molecule has 0 bridgehead atoms. The maximum Gasteiger partial charge on any atom is 0.0678 e. The summed E-state index contributed by atoms with van der Waals surface area (Å²) in [4.78, 5) is 2.33. The molecule has 0 aromatic heterocycles. The maximum absolute atomic E-state index is 2.33. The predicted molar refractivity (Wildman–Crippen MR) is 67.7 cm³/mol. The Labute approximate surface area is 96.2 Å². The van der Waals surface area contributed by atoms with E-state index < -0.39 is 0 Å². The van der Waals surface area contributed by atoms with Crippen LogP contribution in [0.4, 0.5) is 0 Å². The Bertz CT molecular complexity index is 340. The number of rotatable bonds is 3. The van der Waals surface area contributed by atoms with Gasteiger partial charge in [-0.05, 0) is 22.5 Å². The molecule has 1 aromatic carbocycles. The van der Waals surface area contributed by atoms with E-state index in [-0.39, 0.29) is 0 Å². The minimum absolute atomic E-state index is 0.626. The molecule has 80 valence electrons. The Kier molecular flexibility index (Phi) is 3.37. The number of benzene rings is 1. The van der Waals surface area contributed by atoms with Crippen LogP contribution in [0.15, 0.2) is 35.9 Å². The zero-order valence-electron chi connectivity index (χ0n) is 9.31. The van der Waals surface area contributed by atoms with Crippen molar-refractivity contribution in [1.82, 2.24) is 4.90 Å². The summed E-state index contributed by atoms with van der Waals surface area (Å²) in [6.07, 6.45) is 2.17. The van der Waals surface area contributed by atoms with Gasteiger partial charge in [-0.25, -0.2) is 0 Å². The lowest BCUT2D eigenvalue weighted by atomic mass is 10.0. The van der Waals surface area contributed by atoms with Crippen LogP contribution < -0.4 is 0 Å². The minimum Gasteiger partial charge on any atom is -0.363 e. The van der Waals surface area contributed by atoms with E-state index in [0.29, 0.717) is 5.92 Å². The summed E-state index contributed by atoms with van der Waals surface area (Å²) >= 11 is 1.85. The van der Waals surface area contributed by atoms with Crippen molar-refractivity contribution in [3.8, 4) is 0 Å². The molecule has 0 fully saturated rings. The maximum atomic E-state index is 2.33. The van der Waals surface area contributed by atoms with Gasteiger partial charge in [0, 0.05) is 12.7 Å². The first-order valence-corrected chi connectivity index (χ1v) is 6.42. The highest BCUT2D eigenvalue weighted by Crippen LogP contribution is 2.19. The van der Waals surface area contributed by atoms with Crippen LogP contribution in [-0.4, -0.2) is 10.8 Å². The molecule has 0 radical (unpaired) electrons. The molecule has 0 N–H and O–H groups in total. The molecule has 2 heteroatoms. The number of hydrogen-bond acceptors (Lipinski definition) is 2. The van der Waals surface area contributed by atoms with Crippen molar-refractivity contribution in [3.05, 3.63) is 47.0 Å². The molecular formula is C13H17NS. The summed E-state index contributed by atoms with van der Waals surface area (Å²) in [5.41, 5.74) is 2.82. The first-order valence-electron chi connectivity index (χ1n) is 5.37. The van der Waals surface area contributed by atoms with E-state index in [1.807, 2.05) is 11.8 Å². The molecule has 0 saturated carbocycles. The fourth-order valence-corrected chi connectivity index (χ4v) is 2.36. The van der Waals surface area contributed by atoms with Gasteiger partial charge in [0.1, 0.15) is 0 Å². The average molecular weight is 219 g/mol. The Morgan fingerprint density at radius 2 is 2.00 bits per heavy atom. The van der Waals surface area contributed by atoms with E-state index >= 15 is 0 Å². The third-order valence-electron chi connectivity index (χ3n) is 2.64. The molecule has 1 heterocycles. The van der Waals surface area contributed by atoms with Crippen LogP contribution in [0.25, 0.3) is 0 Å². The Morgan fingerprint density at radius 1 is 1.27 bits per heavy atom. The number of hydrogen-bond donors (Lipinski definition) is 0. The zero-order valence-corrected chi connectivity index (χ0v) is 10.1. The molecule has 0 unspecified atom stereocenters. The van der Waals surface area contributed by atoms with Gasteiger partial charge < -0.3 is 4.90 Å². The summed E-state index contributed by atoms with van der Waals surface area (Å²) in [5.74, 6) is 1.72.